The number of carbonyl (C=O) groups excluding carboxylic acids is 3. The van der Waals surface area contributed by atoms with Crippen LogP contribution in [0.2, 0.25) is 0 Å². The number of hydrogen-bond donors (Lipinski definition) is 5. The van der Waals surface area contributed by atoms with Crippen molar-refractivity contribution in [2.45, 2.75) is 25.4 Å². The number of likely N-dealkylation sites (N-methyl/N-ethyl adjacent to an activating group) is 1. The second-order valence-corrected chi connectivity index (χ2v) is 9.66. The minimum Gasteiger partial charge on any atom is -0.510 e. The van der Waals surface area contributed by atoms with Crippen molar-refractivity contribution in [1.29, 1.82) is 0 Å². The van der Waals surface area contributed by atoms with Crippen molar-refractivity contribution in [3.63, 3.8) is 0 Å². The monoisotopic (exact) mass is 470 g/mol. The van der Waals surface area contributed by atoms with Gasteiger partial charge in [0.15, 0.2) is 11.6 Å². The zero-order chi connectivity index (χ0) is 25.2. The van der Waals surface area contributed by atoms with Gasteiger partial charge in [0, 0.05) is 37.5 Å². The number of carbonyl (C=O) groups is 3. The van der Waals surface area contributed by atoms with Crippen molar-refractivity contribution in [3.8, 4) is 5.75 Å². The Bertz CT molecular complexity index is 1180. The van der Waals surface area contributed by atoms with Crippen molar-refractivity contribution >= 4 is 28.9 Å². The third-order valence-electron chi connectivity index (χ3n) is 7.32. The van der Waals surface area contributed by atoms with Gasteiger partial charge in [-0.05, 0) is 50.4 Å². The lowest BCUT2D eigenvalue weighted by atomic mass is 9.59. The summed E-state index contributed by atoms with van der Waals surface area (Å²) in [7, 11) is 7.04. The number of aliphatic hydroxyl groups excluding tert-OH is 2. The molecular weight excluding hydrogens is 440 g/mol. The molecule has 182 valence electrons. The maximum Gasteiger partial charge on any atom is 0.255 e. The molecular formula is C24H30N4O6. The van der Waals surface area contributed by atoms with Gasteiger partial charge in [0.05, 0.1) is 17.5 Å². The van der Waals surface area contributed by atoms with E-state index in [0.29, 0.717) is 24.0 Å². The summed E-state index contributed by atoms with van der Waals surface area (Å²) < 4.78 is 0. The predicted molar refractivity (Wildman–Crippen MR) is 125 cm³/mol. The molecule has 34 heavy (non-hydrogen) atoms. The molecule has 3 aliphatic rings. The van der Waals surface area contributed by atoms with Crippen LogP contribution in [0.4, 0.5) is 5.69 Å². The molecule has 0 heterocycles. The average Bonchev–Trinajstić information content (AvgIpc) is 2.72. The molecule has 1 amide bonds. The van der Waals surface area contributed by atoms with E-state index < -0.39 is 52.6 Å². The van der Waals surface area contributed by atoms with Gasteiger partial charge in [0.1, 0.15) is 22.8 Å². The molecule has 1 aromatic carbocycles. The minimum atomic E-state index is -1.27. The largest absolute Gasteiger partial charge is 0.510 e. The van der Waals surface area contributed by atoms with Crippen LogP contribution in [0.5, 0.6) is 5.75 Å². The van der Waals surface area contributed by atoms with Gasteiger partial charge in [-0.1, -0.05) is 0 Å². The van der Waals surface area contributed by atoms with Crippen LogP contribution in [-0.4, -0.2) is 71.9 Å². The second-order valence-electron chi connectivity index (χ2n) is 9.66. The van der Waals surface area contributed by atoms with E-state index >= 15 is 0 Å². The maximum atomic E-state index is 13.7. The first-order valence-corrected chi connectivity index (χ1v) is 11.1. The predicted octanol–water partition coefficient (Wildman–Crippen LogP) is 0.374. The van der Waals surface area contributed by atoms with Gasteiger partial charge in [-0.15, -0.1) is 0 Å². The van der Waals surface area contributed by atoms with E-state index in [-0.39, 0.29) is 29.2 Å². The summed E-state index contributed by atoms with van der Waals surface area (Å²) in [6.45, 7) is 0.0275. The molecule has 2 unspecified atom stereocenters. The zero-order valence-corrected chi connectivity index (χ0v) is 19.6. The molecule has 0 spiro atoms. The highest BCUT2D eigenvalue weighted by Crippen LogP contribution is 2.52. The number of primary amides is 1. The second kappa shape index (κ2) is 8.14. The Labute approximate surface area is 197 Å². The lowest BCUT2D eigenvalue weighted by Gasteiger charge is -2.46. The van der Waals surface area contributed by atoms with Crippen molar-refractivity contribution in [2.24, 2.45) is 29.2 Å². The zero-order valence-electron chi connectivity index (χ0n) is 19.6. The molecule has 10 nitrogen and oxygen atoms in total. The van der Waals surface area contributed by atoms with Gasteiger partial charge in [-0.2, -0.15) is 0 Å². The molecule has 0 aromatic heterocycles. The van der Waals surface area contributed by atoms with E-state index in [4.69, 9.17) is 11.5 Å². The van der Waals surface area contributed by atoms with E-state index in [1.165, 1.54) is 0 Å². The van der Waals surface area contributed by atoms with Gasteiger partial charge in [0.25, 0.3) is 5.91 Å². The summed E-state index contributed by atoms with van der Waals surface area (Å²) in [4.78, 5) is 42.4. The highest BCUT2D eigenvalue weighted by Gasteiger charge is 2.55. The topological polar surface area (TPSA) is 170 Å². The number of nitrogens with zero attached hydrogens (tertiary/aromatic N) is 2. The standard InChI is InChI=1S/C24H30N4O6/c1-27(2)13-7-10(8-25)19(29)15-11(13)5-9-6-12-16(21(31)14(9)20(15)30)22(32)17(24(26)34)23(33)18(12)28(3)4/h7,9,12,16,18,29-30,33H,5-6,8,25H2,1-4H3,(H2,26,34)/t9?,12-,16?,18+/m1/s1. The number of aliphatic hydroxyl groups is 2. The van der Waals surface area contributed by atoms with Gasteiger partial charge < -0.3 is 31.7 Å². The number of benzene rings is 1. The molecule has 4 rings (SSSR count). The van der Waals surface area contributed by atoms with Gasteiger partial charge in [0.2, 0.25) is 0 Å². The van der Waals surface area contributed by atoms with Crippen molar-refractivity contribution in [1.82, 2.24) is 4.90 Å². The van der Waals surface area contributed by atoms with Crippen molar-refractivity contribution in [2.75, 3.05) is 33.1 Å². The summed E-state index contributed by atoms with van der Waals surface area (Å²) in [6.07, 6.45) is 0.656. The van der Waals surface area contributed by atoms with Gasteiger partial charge in [-0.3, -0.25) is 19.3 Å². The molecule has 4 atom stereocenters. The van der Waals surface area contributed by atoms with Crippen LogP contribution in [0.25, 0.3) is 5.76 Å². The van der Waals surface area contributed by atoms with Crippen LogP contribution in [0.3, 0.4) is 0 Å². The molecule has 0 radical (unpaired) electrons. The maximum absolute atomic E-state index is 13.7. The molecule has 0 bridgehead atoms. The highest BCUT2D eigenvalue weighted by molar-refractivity contribution is 6.28. The number of allylic oxidation sites excluding steroid dienone is 1. The Balaban J connectivity index is 1.94. The molecule has 1 aromatic rings. The first-order chi connectivity index (χ1) is 15.9. The molecule has 1 fully saturated rings. The first-order valence-electron chi connectivity index (χ1n) is 11.1. The molecule has 1 saturated carbocycles. The third kappa shape index (κ3) is 3.20. The molecule has 0 aliphatic heterocycles. The Morgan fingerprint density at radius 2 is 1.76 bits per heavy atom. The van der Waals surface area contributed by atoms with E-state index in [1.54, 1.807) is 25.1 Å². The van der Waals surface area contributed by atoms with Crippen LogP contribution in [0.15, 0.2) is 23.0 Å². The SMILES string of the molecule is CN(C)c1cc(CN)c(O)c2c1CC1C[C@@H]3C(C(=O)C(C(N)=O)=C(O)[C@H]3N(C)C)C(=O)C1=C2O. The van der Waals surface area contributed by atoms with Crippen LogP contribution >= 0.6 is 0 Å². The molecule has 0 saturated heterocycles. The van der Waals surface area contributed by atoms with Crippen LogP contribution in [-0.2, 0) is 27.3 Å². The number of aromatic hydroxyl groups is 1. The fraction of sp³-hybridized carbons (Fsp3) is 0.458. The number of phenolic OH excluding ortho intramolecular Hbond substituents is 1. The summed E-state index contributed by atoms with van der Waals surface area (Å²) in [5.41, 5.74) is 12.7. The van der Waals surface area contributed by atoms with Gasteiger partial charge in [-0.25, -0.2) is 0 Å². The number of phenols is 1. The van der Waals surface area contributed by atoms with Gasteiger partial charge >= 0.3 is 0 Å². The minimum absolute atomic E-state index is 0.0275. The average molecular weight is 471 g/mol. The summed E-state index contributed by atoms with van der Waals surface area (Å²) in [5, 5.41) is 32.9. The Hall–Kier alpha value is -3.37. The smallest absolute Gasteiger partial charge is 0.255 e. The molecule has 10 heteroatoms. The van der Waals surface area contributed by atoms with Crippen LogP contribution in [0, 0.1) is 17.8 Å². The number of Topliss-reactive ketones (excluding diaryl/α,β-unsaturated/α-hetero) is 2. The number of ketones is 2. The summed E-state index contributed by atoms with van der Waals surface area (Å²) >= 11 is 0. The number of rotatable bonds is 4. The summed E-state index contributed by atoms with van der Waals surface area (Å²) in [6, 6.07) is 1.00. The molecule has 3 aliphatic carbocycles. The van der Waals surface area contributed by atoms with Crippen molar-refractivity contribution in [3.05, 3.63) is 39.7 Å². The Kier molecular flexibility index (Phi) is 5.69. The van der Waals surface area contributed by atoms with Crippen LogP contribution in [0.1, 0.15) is 23.1 Å². The third-order valence-corrected chi connectivity index (χ3v) is 7.32. The Morgan fingerprint density at radius 1 is 1.12 bits per heavy atom. The lowest BCUT2D eigenvalue weighted by molar-refractivity contribution is -0.136. The summed E-state index contributed by atoms with van der Waals surface area (Å²) in [5.74, 6) is -5.87. The Morgan fingerprint density at radius 3 is 2.29 bits per heavy atom. The number of anilines is 1. The quantitative estimate of drug-likeness (QED) is 0.308. The fourth-order valence-electron chi connectivity index (χ4n) is 5.92. The number of nitrogens with two attached hydrogens (primary N) is 2. The van der Waals surface area contributed by atoms with E-state index in [0.717, 1.165) is 5.69 Å². The lowest BCUT2D eigenvalue weighted by Crippen LogP contribution is -2.55. The number of hydrogen-bond acceptors (Lipinski definition) is 9. The normalized spacial score (nSPS) is 26.4. The van der Waals surface area contributed by atoms with E-state index in [1.807, 2.05) is 19.0 Å². The fourth-order valence-corrected chi connectivity index (χ4v) is 5.92. The number of amides is 1. The number of fused-ring (bicyclic) bond motifs is 3. The van der Waals surface area contributed by atoms with Crippen molar-refractivity contribution < 1.29 is 29.7 Å². The van der Waals surface area contributed by atoms with E-state index in [9.17, 15) is 29.7 Å². The highest BCUT2D eigenvalue weighted by atomic mass is 16.3. The van der Waals surface area contributed by atoms with Crippen LogP contribution < -0.4 is 16.4 Å². The molecule has 7 N–H and O–H groups in total. The first kappa shape index (κ1) is 23.8. The van der Waals surface area contributed by atoms with E-state index in [2.05, 4.69) is 0 Å².